The Morgan fingerprint density at radius 3 is 2.63 bits per heavy atom. The number of carbonyl (C=O) groups excluding carboxylic acids is 2. The van der Waals surface area contributed by atoms with Crippen LogP contribution in [0.5, 0.6) is 5.75 Å². The number of nitrogens with zero attached hydrogens (tertiary/aromatic N) is 1. The highest BCUT2D eigenvalue weighted by atomic mass is 19.3. The van der Waals surface area contributed by atoms with Crippen molar-refractivity contribution in [2.45, 2.75) is 64.8 Å². The molecule has 1 aromatic carbocycles. The summed E-state index contributed by atoms with van der Waals surface area (Å²) >= 11 is 0. The molecule has 0 aromatic heterocycles. The molecule has 8 heteroatoms. The molecule has 2 atom stereocenters. The van der Waals surface area contributed by atoms with Crippen LogP contribution in [0.15, 0.2) is 24.3 Å². The lowest BCUT2D eigenvalue weighted by molar-refractivity contribution is -0.126. The molecule has 1 N–H and O–H groups in total. The van der Waals surface area contributed by atoms with E-state index in [1.54, 1.807) is 39.8 Å². The maximum atomic E-state index is 12.7. The van der Waals surface area contributed by atoms with E-state index in [-0.39, 0.29) is 11.7 Å². The zero-order valence-corrected chi connectivity index (χ0v) is 16.0. The van der Waals surface area contributed by atoms with Crippen LogP contribution in [0.4, 0.5) is 13.6 Å². The van der Waals surface area contributed by atoms with E-state index in [9.17, 15) is 18.4 Å². The standard InChI is InChI=1S/C19H26F2N2O4/c1-12(13-7-5-8-14(11-13)26-17(20)21)22-16(24)15-9-6-10-23(15)18(25)27-19(2,3)4/h5,7-8,11-12,15,17H,6,9-10H2,1-4H3,(H,22,24)/t12?,15-/m0/s1. The number of alkyl halides is 2. The van der Waals surface area contributed by atoms with Crippen LogP contribution in [0.2, 0.25) is 0 Å². The minimum Gasteiger partial charge on any atom is -0.444 e. The molecule has 2 amide bonds. The molecule has 2 rings (SSSR count). The first-order chi connectivity index (χ1) is 12.6. The lowest BCUT2D eigenvalue weighted by Crippen LogP contribution is -2.48. The molecule has 1 unspecified atom stereocenters. The van der Waals surface area contributed by atoms with E-state index >= 15 is 0 Å². The summed E-state index contributed by atoms with van der Waals surface area (Å²) in [5, 5.41) is 2.83. The number of likely N-dealkylation sites (tertiary alicyclic amines) is 1. The topological polar surface area (TPSA) is 67.9 Å². The first-order valence-electron chi connectivity index (χ1n) is 8.91. The molecule has 1 fully saturated rings. The van der Waals surface area contributed by atoms with E-state index in [2.05, 4.69) is 10.1 Å². The minimum absolute atomic E-state index is 0.0276. The summed E-state index contributed by atoms with van der Waals surface area (Å²) in [6.07, 6.45) is 0.746. The largest absolute Gasteiger partial charge is 0.444 e. The van der Waals surface area contributed by atoms with E-state index in [4.69, 9.17) is 4.74 Å². The monoisotopic (exact) mass is 384 g/mol. The Morgan fingerprint density at radius 2 is 2.00 bits per heavy atom. The maximum absolute atomic E-state index is 12.7. The highest BCUT2D eigenvalue weighted by Gasteiger charge is 2.37. The highest BCUT2D eigenvalue weighted by Crippen LogP contribution is 2.24. The number of rotatable bonds is 5. The number of nitrogens with one attached hydrogen (secondary N) is 1. The van der Waals surface area contributed by atoms with Crippen molar-refractivity contribution in [1.29, 1.82) is 0 Å². The first-order valence-corrected chi connectivity index (χ1v) is 8.91. The zero-order chi connectivity index (χ0) is 20.2. The smallest absolute Gasteiger partial charge is 0.410 e. The summed E-state index contributed by atoms with van der Waals surface area (Å²) in [7, 11) is 0. The fraction of sp³-hybridized carbons (Fsp3) is 0.579. The highest BCUT2D eigenvalue weighted by molar-refractivity contribution is 5.86. The molecule has 6 nitrogen and oxygen atoms in total. The molecular weight excluding hydrogens is 358 g/mol. The molecule has 0 saturated carbocycles. The van der Waals surface area contributed by atoms with Crippen molar-refractivity contribution in [3.8, 4) is 5.75 Å². The second kappa shape index (κ2) is 8.54. The normalized spacial score (nSPS) is 18.3. The zero-order valence-electron chi connectivity index (χ0n) is 16.0. The van der Waals surface area contributed by atoms with E-state index in [0.717, 1.165) is 0 Å². The second-order valence-corrected chi connectivity index (χ2v) is 7.51. The summed E-state index contributed by atoms with van der Waals surface area (Å²) in [5.41, 5.74) is -0.0117. The molecule has 27 heavy (non-hydrogen) atoms. The van der Waals surface area contributed by atoms with Gasteiger partial charge in [0.15, 0.2) is 0 Å². The van der Waals surface area contributed by atoms with Gasteiger partial charge >= 0.3 is 12.7 Å². The predicted octanol–water partition coefficient (Wildman–Crippen LogP) is 3.86. The SMILES string of the molecule is CC(NC(=O)[C@@H]1CCCN1C(=O)OC(C)(C)C)c1cccc(OC(F)F)c1. The summed E-state index contributed by atoms with van der Waals surface area (Å²) in [6, 6.07) is 5.13. The van der Waals surface area contributed by atoms with Crippen molar-refractivity contribution >= 4 is 12.0 Å². The van der Waals surface area contributed by atoms with E-state index < -0.39 is 30.4 Å². The number of amides is 2. The van der Waals surface area contributed by atoms with Gasteiger partial charge in [0.25, 0.3) is 0 Å². The molecule has 0 radical (unpaired) electrons. The quantitative estimate of drug-likeness (QED) is 0.837. The second-order valence-electron chi connectivity index (χ2n) is 7.51. The molecule has 1 heterocycles. The number of hydrogen-bond acceptors (Lipinski definition) is 4. The number of benzene rings is 1. The van der Waals surface area contributed by atoms with Crippen LogP contribution in [0.3, 0.4) is 0 Å². The molecule has 0 bridgehead atoms. The van der Waals surface area contributed by atoms with Gasteiger partial charge in [-0.25, -0.2) is 4.79 Å². The first kappa shape index (κ1) is 20.9. The van der Waals surface area contributed by atoms with Crippen molar-refractivity contribution in [2.75, 3.05) is 6.54 Å². The van der Waals surface area contributed by atoms with Crippen molar-refractivity contribution in [2.24, 2.45) is 0 Å². The molecule has 0 spiro atoms. The number of ether oxygens (including phenoxy) is 2. The van der Waals surface area contributed by atoms with E-state index in [1.807, 2.05) is 0 Å². The molecule has 1 aromatic rings. The van der Waals surface area contributed by atoms with Gasteiger partial charge in [0.1, 0.15) is 17.4 Å². The Kier molecular flexibility index (Phi) is 6.62. The molecule has 1 aliphatic rings. The lowest BCUT2D eigenvalue weighted by atomic mass is 10.1. The maximum Gasteiger partial charge on any atom is 0.410 e. The van der Waals surface area contributed by atoms with Crippen LogP contribution < -0.4 is 10.1 Å². The van der Waals surface area contributed by atoms with Gasteiger partial charge in [0, 0.05) is 6.54 Å². The Hall–Kier alpha value is -2.38. The number of hydrogen-bond donors (Lipinski definition) is 1. The van der Waals surface area contributed by atoms with Crippen LogP contribution >= 0.6 is 0 Å². The molecular formula is C19H26F2N2O4. The van der Waals surface area contributed by atoms with Crippen molar-refractivity contribution in [3.05, 3.63) is 29.8 Å². The van der Waals surface area contributed by atoms with Crippen molar-refractivity contribution < 1.29 is 27.8 Å². The summed E-state index contributed by atoms with van der Waals surface area (Å²) < 4.78 is 34.5. The summed E-state index contributed by atoms with van der Waals surface area (Å²) in [6.45, 7) is 4.60. The van der Waals surface area contributed by atoms with Crippen LogP contribution in [0, 0.1) is 0 Å². The average Bonchev–Trinajstić information content (AvgIpc) is 3.02. The van der Waals surface area contributed by atoms with E-state index in [1.165, 1.54) is 17.0 Å². The van der Waals surface area contributed by atoms with Gasteiger partial charge in [-0.1, -0.05) is 12.1 Å². The molecule has 1 saturated heterocycles. The third kappa shape index (κ3) is 6.08. The molecule has 150 valence electrons. The van der Waals surface area contributed by atoms with Crippen molar-refractivity contribution in [3.63, 3.8) is 0 Å². The van der Waals surface area contributed by atoms with Crippen LogP contribution in [-0.2, 0) is 9.53 Å². The van der Waals surface area contributed by atoms with Crippen molar-refractivity contribution in [1.82, 2.24) is 10.2 Å². The fourth-order valence-corrected chi connectivity index (χ4v) is 2.93. The Balaban J connectivity index is 2.02. The van der Waals surface area contributed by atoms with Crippen LogP contribution in [0.25, 0.3) is 0 Å². The van der Waals surface area contributed by atoms with E-state index in [0.29, 0.717) is 24.9 Å². The number of carbonyl (C=O) groups is 2. The predicted molar refractivity (Wildman–Crippen MR) is 95.6 cm³/mol. The molecule has 0 aliphatic carbocycles. The fourth-order valence-electron chi connectivity index (χ4n) is 2.93. The molecule has 1 aliphatic heterocycles. The Bertz CT molecular complexity index is 676. The Morgan fingerprint density at radius 1 is 1.30 bits per heavy atom. The van der Waals surface area contributed by atoms with Gasteiger partial charge in [-0.15, -0.1) is 0 Å². The van der Waals surface area contributed by atoms with Gasteiger partial charge in [0.2, 0.25) is 5.91 Å². The van der Waals surface area contributed by atoms with Crippen LogP contribution in [-0.4, -0.2) is 41.7 Å². The van der Waals surface area contributed by atoms with Gasteiger partial charge in [-0.2, -0.15) is 8.78 Å². The van der Waals surface area contributed by atoms with Crippen LogP contribution in [0.1, 0.15) is 52.1 Å². The average molecular weight is 384 g/mol. The van der Waals surface area contributed by atoms with Gasteiger partial charge in [-0.05, 0) is 58.2 Å². The number of halogens is 2. The lowest BCUT2D eigenvalue weighted by Gasteiger charge is -2.28. The van der Waals surface area contributed by atoms with Gasteiger partial charge < -0.3 is 14.8 Å². The van der Waals surface area contributed by atoms with Gasteiger partial charge in [-0.3, -0.25) is 9.69 Å². The third-order valence-corrected chi connectivity index (χ3v) is 4.13. The minimum atomic E-state index is -2.91. The third-order valence-electron chi connectivity index (χ3n) is 4.13. The summed E-state index contributed by atoms with van der Waals surface area (Å²) in [4.78, 5) is 26.4. The van der Waals surface area contributed by atoms with Gasteiger partial charge in [0.05, 0.1) is 6.04 Å². The summed E-state index contributed by atoms with van der Waals surface area (Å²) in [5.74, 6) is -0.272. The Labute approximate surface area is 157 Å².